The molecule has 0 saturated heterocycles. The van der Waals surface area contributed by atoms with E-state index in [9.17, 15) is 9.90 Å². The molecule has 4 heteroatoms. The SMILES string of the molecule is CC(C)c1cc2c3c(nccc3c1)-c1[c-]c3ccccc3cc1C2(C)C.CCC(CC)C(=O)/C=C(\O)C(CC)CC.[Ir]. The van der Waals surface area contributed by atoms with E-state index in [0.29, 0.717) is 5.92 Å². The first kappa shape index (κ1) is 33.7. The van der Waals surface area contributed by atoms with Crippen molar-refractivity contribution < 1.29 is 30.0 Å². The van der Waals surface area contributed by atoms with Gasteiger partial charge in [0, 0.05) is 49.9 Å². The zero-order valence-corrected chi connectivity index (χ0v) is 28.9. The van der Waals surface area contributed by atoms with E-state index in [2.05, 4.69) is 82.3 Å². The van der Waals surface area contributed by atoms with Crippen molar-refractivity contribution in [2.75, 3.05) is 0 Å². The van der Waals surface area contributed by atoms with Crippen LogP contribution in [0.1, 0.15) is 104 Å². The molecule has 0 saturated carbocycles. The second-order valence-electron chi connectivity index (χ2n) is 12.2. The summed E-state index contributed by atoms with van der Waals surface area (Å²) >= 11 is 0. The third-order valence-electron chi connectivity index (χ3n) is 9.01. The maximum Gasteiger partial charge on any atom is 0.162 e. The third kappa shape index (κ3) is 6.56. The minimum Gasteiger partial charge on any atom is -0.512 e. The molecule has 1 radical (unpaired) electrons. The van der Waals surface area contributed by atoms with Gasteiger partial charge >= 0.3 is 0 Å². The van der Waals surface area contributed by atoms with Gasteiger partial charge in [-0.1, -0.05) is 102 Å². The minimum absolute atomic E-state index is 0. The number of nitrogens with zero attached hydrogens (tertiary/aromatic N) is 1. The Morgan fingerprint density at radius 1 is 0.905 bits per heavy atom. The van der Waals surface area contributed by atoms with Gasteiger partial charge in [-0.2, -0.15) is 0 Å². The van der Waals surface area contributed by atoms with Crippen LogP contribution in [0, 0.1) is 17.9 Å². The Kier molecular flexibility index (Phi) is 11.3. The minimum atomic E-state index is -0.0744. The fourth-order valence-electron chi connectivity index (χ4n) is 6.13. The maximum atomic E-state index is 11.7. The van der Waals surface area contributed by atoms with Crippen LogP contribution in [0.3, 0.4) is 0 Å². The number of aromatic nitrogens is 1. The van der Waals surface area contributed by atoms with Crippen LogP contribution in [-0.2, 0) is 30.3 Å². The number of carbonyl (C=O) groups is 1. The maximum absolute atomic E-state index is 11.7. The molecule has 42 heavy (non-hydrogen) atoms. The number of allylic oxidation sites excluding steroid dienone is 2. The van der Waals surface area contributed by atoms with Crippen molar-refractivity contribution >= 4 is 27.3 Å². The van der Waals surface area contributed by atoms with Crippen LogP contribution < -0.4 is 0 Å². The molecule has 0 aliphatic heterocycles. The standard InChI is InChI=1S/C25H22N.C13H24O2.Ir/c1-15(2)19-11-18-9-10-26-24-20-12-16-7-5-6-8-17(16)13-21(20)25(3,4)22(14-19)23(18)24;1-5-10(6-2)12(14)9-13(15)11(7-3)8-4;/h5-11,13-15H,1-4H3;9-11,14H,5-8H2,1-4H3;/q-1;;/b;12-9-;. The Balaban J connectivity index is 0.000000263. The van der Waals surface area contributed by atoms with Gasteiger partial charge in [-0.3, -0.25) is 9.78 Å². The monoisotopic (exact) mass is 741 g/mol. The van der Waals surface area contributed by atoms with E-state index >= 15 is 0 Å². The topological polar surface area (TPSA) is 50.2 Å². The van der Waals surface area contributed by atoms with Gasteiger partial charge in [-0.25, -0.2) is 0 Å². The molecule has 4 aromatic rings. The summed E-state index contributed by atoms with van der Waals surface area (Å²) < 4.78 is 0. The Hall–Kier alpha value is -2.81. The zero-order valence-electron chi connectivity index (χ0n) is 26.5. The fourth-order valence-corrected chi connectivity index (χ4v) is 6.13. The molecule has 0 amide bonds. The predicted molar refractivity (Wildman–Crippen MR) is 174 cm³/mol. The summed E-state index contributed by atoms with van der Waals surface area (Å²) in [6.45, 7) is 17.3. The summed E-state index contributed by atoms with van der Waals surface area (Å²) in [6, 6.07) is 21.4. The molecule has 0 spiro atoms. The van der Waals surface area contributed by atoms with E-state index in [-0.39, 0.29) is 48.9 Å². The van der Waals surface area contributed by atoms with Gasteiger partial charge in [-0.15, -0.1) is 23.6 Å². The Morgan fingerprint density at radius 3 is 2.17 bits per heavy atom. The Morgan fingerprint density at radius 2 is 1.55 bits per heavy atom. The van der Waals surface area contributed by atoms with E-state index in [1.807, 2.05) is 33.9 Å². The number of benzene rings is 3. The number of aliphatic hydroxyl groups excluding tert-OH is 1. The number of carbonyl (C=O) groups excluding carboxylic acids is 1. The molecule has 3 aromatic carbocycles. The van der Waals surface area contributed by atoms with Gasteiger partial charge in [0.1, 0.15) is 0 Å². The normalized spacial score (nSPS) is 13.6. The number of pyridine rings is 1. The summed E-state index contributed by atoms with van der Waals surface area (Å²) in [6.07, 6.45) is 6.85. The first-order chi connectivity index (χ1) is 19.6. The van der Waals surface area contributed by atoms with E-state index in [1.165, 1.54) is 38.9 Å². The molecule has 1 aliphatic carbocycles. The van der Waals surface area contributed by atoms with E-state index in [4.69, 9.17) is 4.98 Å². The first-order valence-corrected chi connectivity index (χ1v) is 15.4. The van der Waals surface area contributed by atoms with Crippen molar-refractivity contribution in [2.45, 2.75) is 92.4 Å². The van der Waals surface area contributed by atoms with Crippen LogP contribution in [0.4, 0.5) is 0 Å². The molecular weight excluding hydrogens is 695 g/mol. The van der Waals surface area contributed by atoms with E-state index in [1.54, 1.807) is 0 Å². The molecule has 1 heterocycles. The molecule has 0 bridgehead atoms. The van der Waals surface area contributed by atoms with Crippen LogP contribution in [0.15, 0.2) is 66.6 Å². The summed E-state index contributed by atoms with van der Waals surface area (Å²) in [4.78, 5) is 16.5. The first-order valence-electron chi connectivity index (χ1n) is 15.4. The summed E-state index contributed by atoms with van der Waals surface area (Å²) in [5.41, 5.74) is 6.26. The molecule has 0 fully saturated rings. The van der Waals surface area contributed by atoms with Gasteiger partial charge in [0.2, 0.25) is 0 Å². The van der Waals surface area contributed by atoms with Gasteiger partial charge in [0.25, 0.3) is 0 Å². The Labute approximate surface area is 266 Å². The van der Waals surface area contributed by atoms with Crippen LogP contribution in [-0.4, -0.2) is 15.9 Å². The van der Waals surface area contributed by atoms with Gasteiger partial charge < -0.3 is 5.11 Å². The van der Waals surface area contributed by atoms with Crippen LogP contribution >= 0.6 is 0 Å². The average Bonchev–Trinajstić information content (AvgIpc) is 2.96. The Bertz CT molecular complexity index is 1580. The van der Waals surface area contributed by atoms with Crippen LogP contribution in [0.2, 0.25) is 0 Å². The number of ketones is 1. The number of aliphatic hydroxyl groups is 1. The van der Waals surface area contributed by atoms with Crippen molar-refractivity contribution in [3.63, 3.8) is 0 Å². The number of rotatable bonds is 8. The average molecular weight is 741 g/mol. The van der Waals surface area contributed by atoms with Gasteiger partial charge in [0.15, 0.2) is 5.78 Å². The molecular formula is C38H46IrNO2-. The molecule has 1 aliphatic rings. The van der Waals surface area contributed by atoms with Crippen molar-refractivity contribution in [1.29, 1.82) is 0 Å². The van der Waals surface area contributed by atoms with Gasteiger partial charge in [0.05, 0.1) is 5.76 Å². The van der Waals surface area contributed by atoms with Gasteiger partial charge in [-0.05, 0) is 65.0 Å². The van der Waals surface area contributed by atoms with E-state index < -0.39 is 0 Å². The molecule has 5 rings (SSSR count). The van der Waals surface area contributed by atoms with Crippen molar-refractivity contribution in [3.8, 4) is 11.3 Å². The predicted octanol–water partition coefficient (Wildman–Crippen LogP) is 10.5. The summed E-state index contributed by atoms with van der Waals surface area (Å²) in [7, 11) is 0. The third-order valence-corrected chi connectivity index (χ3v) is 9.01. The second kappa shape index (κ2) is 14.1. The fraction of sp³-hybridized carbons (Fsp3) is 0.421. The van der Waals surface area contributed by atoms with Crippen molar-refractivity contribution in [1.82, 2.24) is 4.98 Å². The zero-order chi connectivity index (χ0) is 29.9. The molecule has 3 nitrogen and oxygen atoms in total. The molecule has 1 N–H and O–H groups in total. The second-order valence-corrected chi connectivity index (χ2v) is 12.2. The smallest absolute Gasteiger partial charge is 0.162 e. The largest absolute Gasteiger partial charge is 0.512 e. The van der Waals surface area contributed by atoms with Crippen LogP contribution in [0.25, 0.3) is 32.8 Å². The number of fused-ring (bicyclic) bond motifs is 3. The van der Waals surface area contributed by atoms with Crippen molar-refractivity contribution in [2.24, 2.45) is 11.8 Å². The molecule has 0 atom stereocenters. The van der Waals surface area contributed by atoms with Crippen LogP contribution in [0.5, 0.6) is 0 Å². The number of hydrogen-bond donors (Lipinski definition) is 1. The summed E-state index contributed by atoms with van der Waals surface area (Å²) in [5.74, 6) is 1.05. The quantitative estimate of drug-likeness (QED) is 0.111. The van der Waals surface area contributed by atoms with E-state index in [0.717, 1.165) is 42.3 Å². The molecule has 225 valence electrons. The van der Waals surface area contributed by atoms with Crippen molar-refractivity contribution in [3.05, 3.63) is 89.3 Å². The molecule has 1 aromatic heterocycles. The molecule has 0 unspecified atom stereocenters. The number of hydrogen-bond acceptors (Lipinski definition) is 3. The summed E-state index contributed by atoms with van der Waals surface area (Å²) in [5, 5.41) is 14.7.